The molecule has 0 radical (unpaired) electrons. The molecule has 0 bridgehead atoms. The first-order valence-electron chi connectivity index (χ1n) is 4.53. The van der Waals surface area contributed by atoms with Crippen LogP contribution in [0.5, 0.6) is 0 Å². The van der Waals surface area contributed by atoms with Crippen LogP contribution in [0.3, 0.4) is 0 Å². The van der Waals surface area contributed by atoms with Gasteiger partial charge in [-0.05, 0) is 20.8 Å². The van der Waals surface area contributed by atoms with Crippen LogP contribution in [-0.2, 0) is 0 Å². The van der Waals surface area contributed by atoms with Gasteiger partial charge in [-0.3, -0.25) is 14.5 Å². The zero-order valence-electron chi connectivity index (χ0n) is 8.40. The van der Waals surface area contributed by atoms with E-state index in [0.717, 1.165) is 5.69 Å². The molecule has 14 heavy (non-hydrogen) atoms. The van der Waals surface area contributed by atoms with Gasteiger partial charge in [0.05, 0.1) is 0 Å². The van der Waals surface area contributed by atoms with Crippen molar-refractivity contribution in [2.24, 2.45) is 0 Å². The molecule has 0 aliphatic heterocycles. The number of fused-ring (bicyclic) bond motifs is 1. The number of aromatic nitrogens is 4. The highest BCUT2D eigenvalue weighted by Gasteiger charge is 2.10. The van der Waals surface area contributed by atoms with Crippen LogP contribution in [0.25, 0.3) is 11.0 Å². The molecule has 0 aromatic carbocycles. The van der Waals surface area contributed by atoms with Crippen LogP contribution in [0.2, 0.25) is 0 Å². The minimum atomic E-state index is -0.0312. The first-order chi connectivity index (χ1) is 6.61. The van der Waals surface area contributed by atoms with Gasteiger partial charge in [0.2, 0.25) is 0 Å². The van der Waals surface area contributed by atoms with Crippen molar-refractivity contribution in [1.82, 2.24) is 19.7 Å². The highest BCUT2D eigenvalue weighted by molar-refractivity contribution is 5.75. The number of H-pyrrole nitrogens is 1. The molecule has 1 N–H and O–H groups in total. The lowest BCUT2D eigenvalue weighted by molar-refractivity contribution is 0.573. The smallest absolute Gasteiger partial charge is 0.264 e. The standard InChI is InChI=1S/C9H12N4O/c1-5(2)13-4-10-8-7(9(13)14)6(3)11-12-8/h4-5H,1-3H3,(H,11,12). The maximum atomic E-state index is 11.9. The summed E-state index contributed by atoms with van der Waals surface area (Å²) in [4.78, 5) is 16.0. The Bertz CT molecular complexity index is 523. The van der Waals surface area contributed by atoms with Gasteiger partial charge in [0.15, 0.2) is 5.65 Å². The highest BCUT2D eigenvalue weighted by atomic mass is 16.1. The quantitative estimate of drug-likeness (QED) is 0.733. The molecular formula is C9H12N4O. The Morgan fingerprint density at radius 2 is 2.21 bits per heavy atom. The summed E-state index contributed by atoms with van der Waals surface area (Å²) < 4.78 is 1.60. The van der Waals surface area contributed by atoms with Crippen molar-refractivity contribution in [2.75, 3.05) is 0 Å². The predicted octanol–water partition coefficient (Wildman–Crippen LogP) is 1.01. The summed E-state index contributed by atoms with van der Waals surface area (Å²) in [5.74, 6) is 0. The number of rotatable bonds is 1. The molecule has 74 valence electrons. The van der Waals surface area contributed by atoms with Crippen molar-refractivity contribution in [3.63, 3.8) is 0 Å². The van der Waals surface area contributed by atoms with Crippen LogP contribution in [0, 0.1) is 6.92 Å². The molecule has 0 spiro atoms. The van der Waals surface area contributed by atoms with Crippen LogP contribution in [0.15, 0.2) is 11.1 Å². The Hall–Kier alpha value is -1.65. The van der Waals surface area contributed by atoms with E-state index in [1.54, 1.807) is 4.57 Å². The van der Waals surface area contributed by atoms with Crippen LogP contribution in [-0.4, -0.2) is 19.7 Å². The predicted molar refractivity (Wildman–Crippen MR) is 53.3 cm³/mol. The van der Waals surface area contributed by atoms with Gasteiger partial charge in [-0.15, -0.1) is 0 Å². The van der Waals surface area contributed by atoms with E-state index in [-0.39, 0.29) is 11.6 Å². The van der Waals surface area contributed by atoms with E-state index in [0.29, 0.717) is 11.0 Å². The Labute approximate surface area is 80.8 Å². The van der Waals surface area contributed by atoms with E-state index in [1.165, 1.54) is 6.33 Å². The molecule has 0 saturated heterocycles. The zero-order valence-corrected chi connectivity index (χ0v) is 8.40. The first kappa shape index (κ1) is 8.93. The first-order valence-corrected chi connectivity index (χ1v) is 4.53. The van der Waals surface area contributed by atoms with Crippen LogP contribution in [0.4, 0.5) is 0 Å². The molecule has 2 heterocycles. The lowest BCUT2D eigenvalue weighted by Gasteiger charge is -2.07. The summed E-state index contributed by atoms with van der Waals surface area (Å²) in [5, 5.41) is 7.27. The number of aromatic amines is 1. The zero-order chi connectivity index (χ0) is 10.3. The summed E-state index contributed by atoms with van der Waals surface area (Å²) in [6.07, 6.45) is 1.54. The average Bonchev–Trinajstić information content (AvgIpc) is 2.48. The second-order valence-corrected chi connectivity index (χ2v) is 3.60. The highest BCUT2D eigenvalue weighted by Crippen LogP contribution is 2.08. The lowest BCUT2D eigenvalue weighted by Crippen LogP contribution is -2.22. The number of hydrogen-bond acceptors (Lipinski definition) is 3. The van der Waals surface area contributed by atoms with E-state index >= 15 is 0 Å². The van der Waals surface area contributed by atoms with Crippen molar-refractivity contribution in [3.8, 4) is 0 Å². The van der Waals surface area contributed by atoms with Crippen LogP contribution < -0.4 is 5.56 Å². The maximum Gasteiger partial charge on any atom is 0.264 e. The molecule has 2 aromatic rings. The Morgan fingerprint density at radius 3 is 2.86 bits per heavy atom. The van der Waals surface area contributed by atoms with Crippen molar-refractivity contribution in [2.45, 2.75) is 26.8 Å². The number of nitrogens with one attached hydrogen (secondary N) is 1. The van der Waals surface area contributed by atoms with Crippen LogP contribution in [0.1, 0.15) is 25.6 Å². The summed E-state index contributed by atoms with van der Waals surface area (Å²) >= 11 is 0. The minimum absolute atomic E-state index is 0.0312. The Kier molecular flexibility index (Phi) is 1.87. The molecule has 0 unspecified atom stereocenters. The second-order valence-electron chi connectivity index (χ2n) is 3.60. The summed E-state index contributed by atoms with van der Waals surface area (Å²) in [6.45, 7) is 5.72. The summed E-state index contributed by atoms with van der Waals surface area (Å²) in [5.41, 5.74) is 1.23. The molecule has 0 saturated carbocycles. The number of hydrogen-bond donors (Lipinski definition) is 1. The van der Waals surface area contributed by atoms with Gasteiger partial charge in [0.1, 0.15) is 11.7 Å². The molecular weight excluding hydrogens is 180 g/mol. The van der Waals surface area contributed by atoms with E-state index in [2.05, 4.69) is 15.2 Å². The fourth-order valence-corrected chi connectivity index (χ4v) is 1.43. The molecule has 5 nitrogen and oxygen atoms in total. The third kappa shape index (κ3) is 1.13. The van der Waals surface area contributed by atoms with E-state index < -0.39 is 0 Å². The molecule has 0 fully saturated rings. The molecule has 0 amide bonds. The molecule has 2 rings (SSSR count). The number of aryl methyl sites for hydroxylation is 1. The topological polar surface area (TPSA) is 63.6 Å². The van der Waals surface area contributed by atoms with Gasteiger partial charge in [-0.1, -0.05) is 0 Å². The Morgan fingerprint density at radius 1 is 1.50 bits per heavy atom. The average molecular weight is 192 g/mol. The van der Waals surface area contributed by atoms with Crippen molar-refractivity contribution in [3.05, 3.63) is 22.4 Å². The third-order valence-electron chi connectivity index (χ3n) is 2.24. The molecule has 0 atom stereocenters. The molecule has 0 aliphatic carbocycles. The van der Waals surface area contributed by atoms with E-state index in [9.17, 15) is 4.79 Å². The van der Waals surface area contributed by atoms with Gasteiger partial charge in [-0.2, -0.15) is 5.10 Å². The normalized spacial score (nSPS) is 11.4. The van der Waals surface area contributed by atoms with Gasteiger partial charge in [0, 0.05) is 11.7 Å². The largest absolute Gasteiger partial charge is 0.296 e. The SMILES string of the molecule is Cc1[nH]nc2ncn(C(C)C)c(=O)c12. The molecule has 2 aromatic heterocycles. The summed E-state index contributed by atoms with van der Waals surface area (Å²) in [7, 11) is 0. The minimum Gasteiger partial charge on any atom is -0.296 e. The second kappa shape index (κ2) is 2.94. The van der Waals surface area contributed by atoms with Crippen molar-refractivity contribution >= 4 is 11.0 Å². The molecule has 0 aliphatic rings. The van der Waals surface area contributed by atoms with Gasteiger partial charge in [-0.25, -0.2) is 4.98 Å². The van der Waals surface area contributed by atoms with Crippen molar-refractivity contribution in [1.29, 1.82) is 0 Å². The summed E-state index contributed by atoms with van der Waals surface area (Å²) in [6, 6.07) is 0.119. The molecule has 5 heteroatoms. The van der Waals surface area contributed by atoms with E-state index in [4.69, 9.17) is 0 Å². The fraction of sp³-hybridized carbons (Fsp3) is 0.444. The lowest BCUT2D eigenvalue weighted by atomic mass is 10.3. The van der Waals surface area contributed by atoms with Crippen molar-refractivity contribution < 1.29 is 0 Å². The Balaban J connectivity index is 2.86. The monoisotopic (exact) mass is 192 g/mol. The van der Waals surface area contributed by atoms with Gasteiger partial charge in [0.25, 0.3) is 5.56 Å². The third-order valence-corrected chi connectivity index (χ3v) is 2.24. The maximum absolute atomic E-state index is 11.9. The van der Waals surface area contributed by atoms with E-state index in [1.807, 2.05) is 20.8 Å². The van der Waals surface area contributed by atoms with Crippen LogP contribution >= 0.6 is 0 Å². The number of nitrogens with zero attached hydrogens (tertiary/aromatic N) is 3. The van der Waals surface area contributed by atoms with Gasteiger partial charge < -0.3 is 0 Å². The van der Waals surface area contributed by atoms with Gasteiger partial charge >= 0.3 is 0 Å². The fourth-order valence-electron chi connectivity index (χ4n) is 1.43.